The lowest BCUT2D eigenvalue weighted by Crippen LogP contribution is -2.23. The number of amides is 1. The van der Waals surface area contributed by atoms with Crippen molar-refractivity contribution in [3.63, 3.8) is 0 Å². The zero-order chi connectivity index (χ0) is 14.4. The summed E-state index contributed by atoms with van der Waals surface area (Å²) >= 11 is 0. The molecule has 0 radical (unpaired) electrons. The third-order valence-electron chi connectivity index (χ3n) is 4.17. The van der Waals surface area contributed by atoms with Gasteiger partial charge in [0.15, 0.2) is 5.82 Å². The SMILES string of the molecule is Cc1[nH]nc2c1C(c1ccc3ccccc3c1)CC(=O)N2. The average molecular weight is 277 g/mol. The van der Waals surface area contributed by atoms with Gasteiger partial charge in [0.25, 0.3) is 0 Å². The number of carbonyl (C=O) groups is 1. The molecule has 3 aromatic rings. The van der Waals surface area contributed by atoms with Crippen LogP contribution in [-0.4, -0.2) is 16.1 Å². The summed E-state index contributed by atoms with van der Waals surface area (Å²) in [5.41, 5.74) is 3.28. The zero-order valence-electron chi connectivity index (χ0n) is 11.7. The molecule has 0 fully saturated rings. The van der Waals surface area contributed by atoms with Crippen molar-refractivity contribution in [2.45, 2.75) is 19.3 Å². The summed E-state index contributed by atoms with van der Waals surface area (Å²) in [4.78, 5) is 11.9. The number of benzene rings is 2. The summed E-state index contributed by atoms with van der Waals surface area (Å²) in [6, 6.07) is 14.7. The molecule has 4 heteroatoms. The molecule has 104 valence electrons. The van der Waals surface area contributed by atoms with Crippen LogP contribution in [0.1, 0.15) is 29.2 Å². The Bertz CT molecular complexity index is 850. The van der Waals surface area contributed by atoms with Crippen LogP contribution in [0.5, 0.6) is 0 Å². The molecule has 1 unspecified atom stereocenters. The van der Waals surface area contributed by atoms with Crippen molar-refractivity contribution in [3.05, 3.63) is 59.3 Å². The Morgan fingerprint density at radius 2 is 1.95 bits per heavy atom. The van der Waals surface area contributed by atoms with Crippen molar-refractivity contribution in [1.82, 2.24) is 10.2 Å². The highest BCUT2D eigenvalue weighted by molar-refractivity contribution is 5.94. The number of hydrogen-bond donors (Lipinski definition) is 2. The van der Waals surface area contributed by atoms with Crippen molar-refractivity contribution >= 4 is 22.5 Å². The van der Waals surface area contributed by atoms with Crippen LogP contribution >= 0.6 is 0 Å². The molecule has 1 aromatic heterocycles. The number of aryl methyl sites for hydroxylation is 1. The number of fused-ring (bicyclic) bond motifs is 2. The van der Waals surface area contributed by atoms with Crippen LogP contribution < -0.4 is 5.32 Å². The maximum absolute atomic E-state index is 11.9. The van der Waals surface area contributed by atoms with Gasteiger partial charge in [0.1, 0.15) is 0 Å². The number of nitrogens with one attached hydrogen (secondary N) is 2. The predicted molar refractivity (Wildman–Crippen MR) is 82.4 cm³/mol. The number of anilines is 1. The van der Waals surface area contributed by atoms with Crippen molar-refractivity contribution < 1.29 is 4.79 Å². The molecule has 2 N–H and O–H groups in total. The molecular formula is C17H15N3O. The van der Waals surface area contributed by atoms with Gasteiger partial charge in [-0.2, -0.15) is 5.10 Å². The third-order valence-corrected chi connectivity index (χ3v) is 4.17. The van der Waals surface area contributed by atoms with Gasteiger partial charge >= 0.3 is 0 Å². The summed E-state index contributed by atoms with van der Waals surface area (Å²) in [7, 11) is 0. The Balaban J connectivity index is 1.88. The van der Waals surface area contributed by atoms with E-state index in [9.17, 15) is 4.79 Å². The Hall–Kier alpha value is -2.62. The van der Waals surface area contributed by atoms with Crippen molar-refractivity contribution in [1.29, 1.82) is 0 Å². The quantitative estimate of drug-likeness (QED) is 0.716. The molecule has 0 saturated carbocycles. The lowest BCUT2D eigenvalue weighted by Gasteiger charge is -2.23. The van der Waals surface area contributed by atoms with Crippen molar-refractivity contribution in [2.75, 3.05) is 5.32 Å². The van der Waals surface area contributed by atoms with Crippen molar-refractivity contribution in [3.8, 4) is 0 Å². The maximum atomic E-state index is 11.9. The van der Waals surface area contributed by atoms with Gasteiger partial charge < -0.3 is 5.32 Å². The van der Waals surface area contributed by atoms with E-state index in [4.69, 9.17) is 0 Å². The monoisotopic (exact) mass is 277 g/mol. The molecule has 21 heavy (non-hydrogen) atoms. The first-order valence-electron chi connectivity index (χ1n) is 7.06. The van der Waals surface area contributed by atoms with Gasteiger partial charge in [-0.15, -0.1) is 0 Å². The molecule has 1 aliphatic heterocycles. The maximum Gasteiger partial charge on any atom is 0.226 e. The fraction of sp³-hybridized carbons (Fsp3) is 0.176. The molecule has 0 saturated heterocycles. The Labute approximate surface area is 122 Å². The van der Waals surface area contributed by atoms with E-state index >= 15 is 0 Å². The zero-order valence-corrected chi connectivity index (χ0v) is 11.7. The van der Waals surface area contributed by atoms with Gasteiger partial charge in [-0.1, -0.05) is 42.5 Å². The standard InChI is InChI=1S/C17H15N3O/c1-10-16-14(9-15(21)18-17(16)20-19-10)13-7-6-11-4-2-3-5-12(11)8-13/h2-8,14H,9H2,1H3,(H2,18,19,20,21). The topological polar surface area (TPSA) is 57.8 Å². The van der Waals surface area contributed by atoms with E-state index < -0.39 is 0 Å². The van der Waals surface area contributed by atoms with E-state index in [0.29, 0.717) is 12.2 Å². The highest BCUT2D eigenvalue weighted by Crippen LogP contribution is 2.38. The van der Waals surface area contributed by atoms with Gasteiger partial charge in [-0.25, -0.2) is 0 Å². The molecular weight excluding hydrogens is 262 g/mol. The molecule has 1 atom stereocenters. The molecule has 0 spiro atoms. The molecule has 2 aromatic carbocycles. The Kier molecular flexibility index (Phi) is 2.57. The summed E-state index contributed by atoms with van der Waals surface area (Å²) < 4.78 is 0. The molecule has 0 bridgehead atoms. The number of rotatable bonds is 1. The fourth-order valence-corrected chi connectivity index (χ4v) is 3.14. The van der Waals surface area contributed by atoms with E-state index in [1.807, 2.05) is 19.1 Å². The van der Waals surface area contributed by atoms with Crippen LogP contribution in [-0.2, 0) is 4.79 Å². The van der Waals surface area contributed by atoms with E-state index in [1.54, 1.807) is 0 Å². The van der Waals surface area contributed by atoms with E-state index in [-0.39, 0.29) is 11.8 Å². The molecule has 2 heterocycles. The summed E-state index contributed by atoms with van der Waals surface area (Å²) in [5.74, 6) is 0.756. The lowest BCUT2D eigenvalue weighted by molar-refractivity contribution is -0.116. The number of aromatic nitrogens is 2. The van der Waals surface area contributed by atoms with E-state index in [2.05, 4.69) is 45.8 Å². The number of nitrogens with zero attached hydrogens (tertiary/aromatic N) is 1. The van der Waals surface area contributed by atoms with Crippen molar-refractivity contribution in [2.24, 2.45) is 0 Å². The molecule has 1 aliphatic rings. The van der Waals surface area contributed by atoms with Gasteiger partial charge in [-0.05, 0) is 23.3 Å². The second-order valence-electron chi connectivity index (χ2n) is 5.52. The van der Waals surface area contributed by atoms with Gasteiger partial charge in [0.05, 0.1) is 0 Å². The van der Waals surface area contributed by atoms with Gasteiger partial charge in [0, 0.05) is 23.6 Å². The minimum Gasteiger partial charge on any atom is -0.309 e. The van der Waals surface area contributed by atoms with Crippen LogP contribution in [0.4, 0.5) is 5.82 Å². The normalized spacial score (nSPS) is 17.6. The van der Waals surface area contributed by atoms with Crippen LogP contribution in [0.2, 0.25) is 0 Å². The minimum atomic E-state index is 0.0205. The van der Waals surface area contributed by atoms with Gasteiger partial charge in [0.2, 0.25) is 5.91 Å². The first-order chi connectivity index (χ1) is 10.2. The molecule has 0 aliphatic carbocycles. The van der Waals surface area contributed by atoms with Crippen LogP contribution in [0.15, 0.2) is 42.5 Å². The number of H-pyrrole nitrogens is 1. The number of aromatic amines is 1. The van der Waals surface area contributed by atoms with Gasteiger partial charge in [-0.3, -0.25) is 9.89 Å². The summed E-state index contributed by atoms with van der Waals surface area (Å²) in [6.07, 6.45) is 0.464. The summed E-state index contributed by atoms with van der Waals surface area (Å²) in [5, 5.41) is 12.4. The largest absolute Gasteiger partial charge is 0.309 e. The highest BCUT2D eigenvalue weighted by Gasteiger charge is 2.30. The smallest absolute Gasteiger partial charge is 0.226 e. The highest BCUT2D eigenvalue weighted by atomic mass is 16.1. The molecule has 4 rings (SSSR count). The second-order valence-corrected chi connectivity index (χ2v) is 5.52. The average Bonchev–Trinajstić information content (AvgIpc) is 2.87. The van der Waals surface area contributed by atoms with Crippen LogP contribution in [0.25, 0.3) is 10.8 Å². The first kappa shape index (κ1) is 12.1. The molecule has 1 amide bonds. The second kappa shape index (κ2) is 4.45. The number of carbonyl (C=O) groups excluding carboxylic acids is 1. The first-order valence-corrected chi connectivity index (χ1v) is 7.06. The third kappa shape index (κ3) is 1.91. The Morgan fingerprint density at radius 1 is 1.14 bits per heavy atom. The summed E-state index contributed by atoms with van der Waals surface area (Å²) in [6.45, 7) is 2.00. The minimum absolute atomic E-state index is 0.0205. The lowest BCUT2D eigenvalue weighted by atomic mass is 9.85. The van der Waals surface area contributed by atoms with Crippen LogP contribution in [0.3, 0.4) is 0 Å². The molecule has 4 nitrogen and oxygen atoms in total. The van der Waals surface area contributed by atoms with Crippen LogP contribution in [0, 0.1) is 6.92 Å². The predicted octanol–water partition coefficient (Wildman–Crippen LogP) is 3.35. The van der Waals surface area contributed by atoms with E-state index in [0.717, 1.165) is 16.8 Å². The fourth-order valence-electron chi connectivity index (χ4n) is 3.14. The van der Waals surface area contributed by atoms with E-state index in [1.165, 1.54) is 10.8 Å². The Morgan fingerprint density at radius 3 is 2.81 bits per heavy atom. The number of hydrogen-bond acceptors (Lipinski definition) is 2.